The number of nitrogens with one attached hydrogen (secondary N) is 2. The third-order valence-corrected chi connectivity index (χ3v) is 4.39. The van der Waals surface area contributed by atoms with Gasteiger partial charge >= 0.3 is 0 Å². The van der Waals surface area contributed by atoms with Gasteiger partial charge < -0.3 is 5.73 Å². The molecule has 0 aliphatic heterocycles. The van der Waals surface area contributed by atoms with E-state index in [1.54, 1.807) is 6.07 Å². The minimum absolute atomic E-state index is 0.0550. The van der Waals surface area contributed by atoms with Crippen LogP contribution in [0.1, 0.15) is 5.82 Å². The van der Waals surface area contributed by atoms with E-state index in [1.807, 2.05) is 0 Å². The van der Waals surface area contributed by atoms with Crippen LogP contribution in [0.5, 0.6) is 0 Å². The van der Waals surface area contributed by atoms with Crippen LogP contribution >= 0.6 is 15.9 Å². The maximum Gasteiger partial charge on any atom is 0.242 e. The summed E-state index contributed by atoms with van der Waals surface area (Å²) < 4.78 is 27.3. The van der Waals surface area contributed by atoms with Crippen molar-refractivity contribution in [2.24, 2.45) is 0 Å². The molecule has 0 aliphatic carbocycles. The van der Waals surface area contributed by atoms with Crippen LogP contribution in [0.25, 0.3) is 0 Å². The van der Waals surface area contributed by atoms with Crippen molar-refractivity contribution in [2.75, 3.05) is 12.3 Å². The summed E-state index contributed by atoms with van der Waals surface area (Å²) in [6.07, 6.45) is 1.79. The van der Waals surface area contributed by atoms with Crippen molar-refractivity contribution >= 4 is 31.6 Å². The molecule has 1 aromatic carbocycles. The summed E-state index contributed by atoms with van der Waals surface area (Å²) >= 11 is 3.22. The van der Waals surface area contributed by atoms with E-state index in [0.29, 0.717) is 16.7 Å². The number of nitrogens with zero attached hydrogens (tertiary/aromatic N) is 2. The lowest BCUT2D eigenvalue weighted by Gasteiger charge is -2.08. The fourth-order valence-electron chi connectivity index (χ4n) is 1.47. The first-order valence-electron chi connectivity index (χ1n) is 5.38. The Bertz CT molecular complexity index is 657. The van der Waals surface area contributed by atoms with E-state index in [9.17, 15) is 8.42 Å². The maximum absolute atomic E-state index is 12.1. The van der Waals surface area contributed by atoms with Gasteiger partial charge in [-0.1, -0.05) is 15.9 Å². The normalized spacial score (nSPS) is 11.6. The van der Waals surface area contributed by atoms with Gasteiger partial charge in [0.1, 0.15) is 17.0 Å². The summed E-state index contributed by atoms with van der Waals surface area (Å²) in [5.41, 5.74) is 5.88. The minimum Gasteiger partial charge on any atom is -0.398 e. The molecule has 0 saturated heterocycles. The molecule has 0 fully saturated rings. The number of nitrogen functional groups attached to an aromatic ring is 1. The third-order valence-electron chi connectivity index (χ3n) is 2.38. The Kier molecular flexibility index (Phi) is 4.17. The highest BCUT2D eigenvalue weighted by Gasteiger charge is 2.17. The van der Waals surface area contributed by atoms with Crippen LogP contribution in [0.2, 0.25) is 0 Å². The summed E-state index contributed by atoms with van der Waals surface area (Å²) in [4.78, 5) is 3.96. The fourth-order valence-corrected chi connectivity index (χ4v) is 3.17. The number of nitrogens with two attached hydrogens (primary N) is 1. The summed E-state index contributed by atoms with van der Waals surface area (Å²) in [6.45, 7) is 0.212. The van der Waals surface area contributed by atoms with Crippen LogP contribution in [0, 0.1) is 0 Å². The van der Waals surface area contributed by atoms with E-state index in [2.05, 4.69) is 35.8 Å². The Labute approximate surface area is 118 Å². The number of hydrogen-bond donors (Lipinski definition) is 3. The quantitative estimate of drug-likeness (QED) is 0.689. The second-order valence-electron chi connectivity index (χ2n) is 3.76. The van der Waals surface area contributed by atoms with E-state index in [0.717, 1.165) is 0 Å². The molecule has 0 unspecified atom stereocenters. The zero-order chi connectivity index (χ0) is 13.9. The number of benzene rings is 1. The number of aromatic nitrogens is 3. The number of sulfonamides is 1. The van der Waals surface area contributed by atoms with Crippen LogP contribution < -0.4 is 10.5 Å². The number of rotatable bonds is 5. The largest absolute Gasteiger partial charge is 0.398 e. The number of halogens is 1. The molecule has 19 heavy (non-hydrogen) atoms. The number of anilines is 1. The van der Waals surface area contributed by atoms with Gasteiger partial charge in [0, 0.05) is 17.4 Å². The lowest BCUT2D eigenvalue weighted by atomic mass is 10.3. The van der Waals surface area contributed by atoms with Crippen LogP contribution in [0.3, 0.4) is 0 Å². The van der Waals surface area contributed by atoms with Gasteiger partial charge in [-0.25, -0.2) is 18.1 Å². The van der Waals surface area contributed by atoms with Crippen molar-refractivity contribution in [2.45, 2.75) is 11.3 Å². The van der Waals surface area contributed by atoms with Crippen LogP contribution in [0.15, 0.2) is 33.9 Å². The molecule has 0 bridgehead atoms. The Balaban J connectivity index is 2.07. The summed E-state index contributed by atoms with van der Waals surface area (Å²) in [5, 5.41) is 6.34. The molecule has 102 valence electrons. The molecule has 9 heteroatoms. The lowest BCUT2D eigenvalue weighted by Crippen LogP contribution is -2.27. The van der Waals surface area contributed by atoms with Gasteiger partial charge in [-0.15, -0.1) is 0 Å². The van der Waals surface area contributed by atoms with E-state index >= 15 is 0 Å². The molecule has 2 aromatic rings. The molecule has 0 spiro atoms. The molecule has 4 N–H and O–H groups in total. The zero-order valence-electron chi connectivity index (χ0n) is 9.80. The molecular formula is C10H12BrN5O2S. The standard InChI is InChI=1S/C10H12BrN5O2S/c11-7-1-2-8(12)9(5-7)19(17,18)15-4-3-10-13-6-14-16-10/h1-2,5-6,15H,3-4,12H2,(H,13,14,16). The number of H-pyrrole nitrogens is 1. The van der Waals surface area contributed by atoms with Crippen molar-refractivity contribution in [1.29, 1.82) is 0 Å². The van der Waals surface area contributed by atoms with E-state index in [-0.39, 0.29) is 17.1 Å². The molecule has 1 heterocycles. The van der Waals surface area contributed by atoms with E-state index in [4.69, 9.17) is 5.73 Å². The molecule has 0 amide bonds. The first kappa shape index (κ1) is 14.0. The van der Waals surface area contributed by atoms with Gasteiger partial charge in [0.15, 0.2) is 0 Å². The lowest BCUT2D eigenvalue weighted by molar-refractivity contribution is 0.581. The SMILES string of the molecule is Nc1ccc(Br)cc1S(=O)(=O)NCCc1ncn[nH]1. The topological polar surface area (TPSA) is 114 Å². The van der Waals surface area contributed by atoms with Gasteiger partial charge in [0.25, 0.3) is 0 Å². The highest BCUT2D eigenvalue weighted by atomic mass is 79.9. The molecule has 0 atom stereocenters. The highest BCUT2D eigenvalue weighted by molar-refractivity contribution is 9.10. The van der Waals surface area contributed by atoms with E-state index in [1.165, 1.54) is 18.5 Å². The fraction of sp³-hybridized carbons (Fsp3) is 0.200. The summed E-state index contributed by atoms with van der Waals surface area (Å²) in [5.74, 6) is 0.616. The molecule has 2 rings (SSSR count). The molecule has 1 aromatic heterocycles. The second-order valence-corrected chi connectivity index (χ2v) is 6.41. The molecule has 7 nitrogen and oxygen atoms in total. The van der Waals surface area contributed by atoms with Gasteiger partial charge in [0.2, 0.25) is 10.0 Å². The van der Waals surface area contributed by atoms with Gasteiger partial charge in [-0.2, -0.15) is 5.10 Å². The van der Waals surface area contributed by atoms with Crippen molar-refractivity contribution in [3.63, 3.8) is 0 Å². The Morgan fingerprint density at radius 3 is 2.89 bits per heavy atom. The second kappa shape index (κ2) is 5.68. The van der Waals surface area contributed by atoms with Crippen molar-refractivity contribution in [1.82, 2.24) is 19.9 Å². The Morgan fingerprint density at radius 1 is 1.42 bits per heavy atom. The molecule has 0 saturated carbocycles. The number of hydrogen-bond acceptors (Lipinski definition) is 5. The van der Waals surface area contributed by atoms with E-state index < -0.39 is 10.0 Å². The van der Waals surface area contributed by atoms with Crippen molar-refractivity contribution in [3.05, 3.63) is 34.8 Å². The van der Waals surface area contributed by atoms with Crippen molar-refractivity contribution in [3.8, 4) is 0 Å². The third kappa shape index (κ3) is 3.52. The predicted octanol–water partition coefficient (Wildman–Crippen LogP) is 0.670. The minimum atomic E-state index is -3.63. The predicted molar refractivity (Wildman–Crippen MR) is 73.8 cm³/mol. The van der Waals surface area contributed by atoms with Gasteiger partial charge in [0.05, 0.1) is 5.69 Å². The van der Waals surface area contributed by atoms with Gasteiger partial charge in [-0.05, 0) is 18.2 Å². The monoisotopic (exact) mass is 345 g/mol. The summed E-state index contributed by atoms with van der Waals surface area (Å²) in [7, 11) is -3.63. The first-order chi connectivity index (χ1) is 8.99. The van der Waals surface area contributed by atoms with Crippen LogP contribution in [0.4, 0.5) is 5.69 Å². The highest BCUT2D eigenvalue weighted by Crippen LogP contribution is 2.22. The smallest absolute Gasteiger partial charge is 0.242 e. The maximum atomic E-state index is 12.1. The molecule has 0 radical (unpaired) electrons. The van der Waals surface area contributed by atoms with Crippen LogP contribution in [-0.2, 0) is 16.4 Å². The Hall–Kier alpha value is -1.45. The molecular weight excluding hydrogens is 334 g/mol. The van der Waals surface area contributed by atoms with Crippen LogP contribution in [-0.4, -0.2) is 30.1 Å². The average Bonchev–Trinajstić information content (AvgIpc) is 2.85. The summed E-state index contributed by atoms with van der Waals surface area (Å²) in [6, 6.07) is 4.68. The Morgan fingerprint density at radius 2 is 2.21 bits per heavy atom. The average molecular weight is 346 g/mol. The van der Waals surface area contributed by atoms with Gasteiger partial charge in [-0.3, -0.25) is 5.10 Å². The van der Waals surface area contributed by atoms with Crippen molar-refractivity contribution < 1.29 is 8.42 Å². The molecule has 0 aliphatic rings. The zero-order valence-corrected chi connectivity index (χ0v) is 12.2. The first-order valence-corrected chi connectivity index (χ1v) is 7.65. The number of aromatic amines is 1.